The minimum atomic E-state index is -0.168. The number of ether oxygens (including phenoxy) is 1. The first-order valence-corrected chi connectivity index (χ1v) is 5.04. The third-order valence-corrected chi connectivity index (χ3v) is 1.92. The van der Waals surface area contributed by atoms with E-state index in [1.165, 1.54) is 0 Å². The number of aliphatic hydroxyl groups excluding tert-OH is 1. The van der Waals surface area contributed by atoms with E-state index in [4.69, 9.17) is 9.84 Å². The van der Waals surface area contributed by atoms with Gasteiger partial charge in [0.05, 0.1) is 6.10 Å². The Balaban J connectivity index is 3.06. The van der Waals surface area contributed by atoms with Crippen molar-refractivity contribution < 1.29 is 9.84 Å². The van der Waals surface area contributed by atoms with Gasteiger partial charge in [-0.15, -0.1) is 0 Å². The average Bonchev–Trinajstić information content (AvgIpc) is 2.03. The van der Waals surface area contributed by atoms with Gasteiger partial charge in [-0.2, -0.15) is 0 Å². The highest BCUT2D eigenvalue weighted by molar-refractivity contribution is 4.56. The molecule has 0 aliphatic carbocycles. The van der Waals surface area contributed by atoms with E-state index < -0.39 is 0 Å². The summed E-state index contributed by atoms with van der Waals surface area (Å²) in [5, 5.41) is 12.3. The van der Waals surface area contributed by atoms with Crippen LogP contribution in [0.15, 0.2) is 0 Å². The molecule has 2 atom stereocenters. The summed E-state index contributed by atoms with van der Waals surface area (Å²) in [7, 11) is 1.73. The zero-order valence-corrected chi connectivity index (χ0v) is 9.05. The summed E-state index contributed by atoms with van der Waals surface area (Å²) in [5.74, 6) is 0.566. The largest absolute Gasteiger partial charge is 0.393 e. The fourth-order valence-corrected chi connectivity index (χ4v) is 1.21. The molecule has 0 rings (SSSR count). The molecule has 3 nitrogen and oxygen atoms in total. The van der Waals surface area contributed by atoms with Gasteiger partial charge in [0, 0.05) is 13.7 Å². The second kappa shape index (κ2) is 8.48. The summed E-state index contributed by atoms with van der Waals surface area (Å²) < 4.78 is 5.02. The lowest BCUT2D eigenvalue weighted by Gasteiger charge is -2.11. The third-order valence-electron chi connectivity index (χ3n) is 1.92. The van der Waals surface area contributed by atoms with Crippen LogP contribution < -0.4 is 5.32 Å². The molecule has 0 saturated heterocycles. The first kappa shape index (κ1) is 12.9. The molecular weight excluding hydrogens is 166 g/mol. The molecule has 0 heterocycles. The summed E-state index contributed by atoms with van der Waals surface area (Å²) in [6.45, 7) is 6.77. The lowest BCUT2D eigenvalue weighted by Crippen LogP contribution is -2.25. The Morgan fingerprint density at radius 1 is 1.38 bits per heavy atom. The number of methoxy groups -OCH3 is 1. The van der Waals surface area contributed by atoms with Gasteiger partial charge < -0.3 is 15.2 Å². The van der Waals surface area contributed by atoms with Crippen molar-refractivity contribution in [2.75, 3.05) is 26.8 Å². The molecule has 0 spiro atoms. The van der Waals surface area contributed by atoms with Crippen molar-refractivity contribution in [2.24, 2.45) is 5.92 Å². The van der Waals surface area contributed by atoms with E-state index >= 15 is 0 Å². The maximum atomic E-state index is 9.00. The monoisotopic (exact) mass is 189 g/mol. The van der Waals surface area contributed by atoms with Gasteiger partial charge in [0.15, 0.2) is 0 Å². The van der Waals surface area contributed by atoms with Crippen LogP contribution in [0, 0.1) is 5.92 Å². The number of hydrogen-bond donors (Lipinski definition) is 2. The molecule has 0 saturated carbocycles. The van der Waals surface area contributed by atoms with Crippen LogP contribution in [0.4, 0.5) is 0 Å². The maximum Gasteiger partial charge on any atom is 0.0512 e. The van der Waals surface area contributed by atoms with Crippen molar-refractivity contribution in [3.63, 3.8) is 0 Å². The number of rotatable bonds is 8. The molecule has 0 fully saturated rings. The quantitative estimate of drug-likeness (QED) is 0.560. The van der Waals surface area contributed by atoms with Crippen LogP contribution in [0.5, 0.6) is 0 Å². The van der Waals surface area contributed by atoms with Crippen molar-refractivity contribution in [3.05, 3.63) is 0 Å². The molecule has 80 valence electrons. The van der Waals surface area contributed by atoms with Crippen molar-refractivity contribution in [1.82, 2.24) is 5.32 Å². The van der Waals surface area contributed by atoms with E-state index in [-0.39, 0.29) is 6.10 Å². The summed E-state index contributed by atoms with van der Waals surface area (Å²) in [5.41, 5.74) is 0. The highest BCUT2D eigenvalue weighted by Gasteiger charge is 2.00. The van der Waals surface area contributed by atoms with E-state index in [0.29, 0.717) is 5.92 Å². The van der Waals surface area contributed by atoms with Crippen LogP contribution in [0.1, 0.15) is 26.7 Å². The molecule has 0 bridgehead atoms. The molecule has 2 unspecified atom stereocenters. The van der Waals surface area contributed by atoms with E-state index in [9.17, 15) is 0 Å². The van der Waals surface area contributed by atoms with Gasteiger partial charge in [-0.3, -0.25) is 0 Å². The highest BCUT2D eigenvalue weighted by Crippen LogP contribution is 1.95. The average molecular weight is 189 g/mol. The summed E-state index contributed by atoms with van der Waals surface area (Å²) in [6.07, 6.45) is 1.75. The van der Waals surface area contributed by atoms with Gasteiger partial charge in [-0.1, -0.05) is 6.92 Å². The number of hydrogen-bond acceptors (Lipinski definition) is 3. The molecule has 0 aromatic rings. The summed E-state index contributed by atoms with van der Waals surface area (Å²) in [6, 6.07) is 0. The minimum Gasteiger partial charge on any atom is -0.393 e. The summed E-state index contributed by atoms with van der Waals surface area (Å²) in [4.78, 5) is 0. The van der Waals surface area contributed by atoms with Gasteiger partial charge in [0.1, 0.15) is 0 Å². The molecule has 0 aromatic carbocycles. The van der Waals surface area contributed by atoms with Gasteiger partial charge >= 0.3 is 0 Å². The number of aliphatic hydroxyl groups is 1. The van der Waals surface area contributed by atoms with E-state index in [0.717, 1.165) is 32.5 Å². The fourth-order valence-electron chi connectivity index (χ4n) is 1.21. The second-order valence-electron chi connectivity index (χ2n) is 3.76. The molecule has 0 aliphatic heterocycles. The molecular formula is C10H23NO2. The van der Waals surface area contributed by atoms with Crippen LogP contribution in [-0.2, 0) is 4.74 Å². The Hall–Kier alpha value is -0.120. The van der Waals surface area contributed by atoms with Crippen molar-refractivity contribution in [3.8, 4) is 0 Å². The first-order valence-electron chi connectivity index (χ1n) is 5.04. The lowest BCUT2D eigenvalue weighted by molar-refractivity contribution is 0.157. The molecule has 13 heavy (non-hydrogen) atoms. The molecule has 0 aromatic heterocycles. The standard InChI is InChI=1S/C10H23NO2/c1-9(8-13-3)7-11-6-4-5-10(2)12/h9-12H,4-8H2,1-3H3. The Bertz CT molecular complexity index is 107. The zero-order valence-electron chi connectivity index (χ0n) is 9.05. The Morgan fingerprint density at radius 3 is 2.62 bits per heavy atom. The molecule has 0 radical (unpaired) electrons. The van der Waals surface area contributed by atoms with Crippen LogP contribution in [0.2, 0.25) is 0 Å². The Kier molecular flexibility index (Phi) is 8.40. The van der Waals surface area contributed by atoms with Crippen LogP contribution in [0.25, 0.3) is 0 Å². The molecule has 0 aliphatic rings. The van der Waals surface area contributed by atoms with Crippen LogP contribution >= 0.6 is 0 Å². The van der Waals surface area contributed by atoms with Gasteiger partial charge in [-0.05, 0) is 38.8 Å². The third kappa shape index (κ3) is 9.80. The Morgan fingerprint density at radius 2 is 2.08 bits per heavy atom. The second-order valence-corrected chi connectivity index (χ2v) is 3.76. The van der Waals surface area contributed by atoms with E-state index in [1.54, 1.807) is 7.11 Å². The minimum absolute atomic E-state index is 0.168. The van der Waals surface area contributed by atoms with Gasteiger partial charge in [-0.25, -0.2) is 0 Å². The summed E-state index contributed by atoms with van der Waals surface area (Å²) >= 11 is 0. The predicted molar refractivity (Wildman–Crippen MR) is 54.8 cm³/mol. The topological polar surface area (TPSA) is 41.5 Å². The molecule has 0 amide bonds. The van der Waals surface area contributed by atoms with E-state index in [2.05, 4.69) is 12.2 Å². The zero-order chi connectivity index (χ0) is 10.1. The first-order chi connectivity index (χ1) is 6.16. The van der Waals surface area contributed by atoms with Crippen molar-refractivity contribution >= 4 is 0 Å². The van der Waals surface area contributed by atoms with Crippen molar-refractivity contribution in [2.45, 2.75) is 32.8 Å². The van der Waals surface area contributed by atoms with E-state index in [1.807, 2.05) is 6.92 Å². The highest BCUT2D eigenvalue weighted by atomic mass is 16.5. The molecule has 3 heteroatoms. The van der Waals surface area contributed by atoms with Crippen molar-refractivity contribution in [1.29, 1.82) is 0 Å². The van der Waals surface area contributed by atoms with Crippen LogP contribution in [-0.4, -0.2) is 38.0 Å². The lowest BCUT2D eigenvalue weighted by atomic mass is 10.2. The normalized spacial score (nSPS) is 15.7. The van der Waals surface area contributed by atoms with Crippen LogP contribution in [0.3, 0.4) is 0 Å². The van der Waals surface area contributed by atoms with Gasteiger partial charge in [0.25, 0.3) is 0 Å². The van der Waals surface area contributed by atoms with Gasteiger partial charge in [0.2, 0.25) is 0 Å². The number of nitrogens with one attached hydrogen (secondary N) is 1. The molecule has 2 N–H and O–H groups in total. The fraction of sp³-hybridized carbons (Fsp3) is 1.00. The SMILES string of the molecule is COCC(C)CNCCCC(C)O. The maximum absolute atomic E-state index is 9.00. The smallest absolute Gasteiger partial charge is 0.0512 e. The Labute approximate surface area is 81.5 Å². The predicted octanol–water partition coefficient (Wildman–Crippen LogP) is 1.02.